The minimum absolute atomic E-state index is 0.0202. The smallest absolute Gasteiger partial charge is 0.308 e. The van der Waals surface area contributed by atoms with Gasteiger partial charge in [0.15, 0.2) is 0 Å². The minimum atomic E-state index is -3.85. The van der Waals surface area contributed by atoms with Crippen LogP contribution in [0.25, 0.3) is 0 Å². The van der Waals surface area contributed by atoms with Crippen LogP contribution in [0, 0.1) is 13.8 Å². The van der Waals surface area contributed by atoms with Crippen LogP contribution in [0.1, 0.15) is 11.5 Å². The Bertz CT molecular complexity index is 1180. The lowest BCUT2D eigenvalue weighted by Gasteiger charge is -2.10. The van der Waals surface area contributed by atoms with E-state index < -0.39 is 16.1 Å². The van der Waals surface area contributed by atoms with E-state index in [2.05, 4.69) is 25.3 Å². The molecule has 2 amide bonds. The first-order valence-electron chi connectivity index (χ1n) is 8.60. The highest BCUT2D eigenvalue weighted by Gasteiger charge is 2.16. The van der Waals surface area contributed by atoms with Gasteiger partial charge in [-0.1, -0.05) is 23.2 Å². The first-order valence-corrected chi connectivity index (χ1v) is 10.8. The summed E-state index contributed by atoms with van der Waals surface area (Å²) in [5.41, 5.74) is 1.51. The SMILES string of the molecule is Cc1cc(NS(=O)(=O)c2ccc(NC(=O)Nc3ccc(Cl)c(Cl)c3)cc2)nc(C)n1. The molecule has 3 N–H and O–H groups in total. The number of carbonyl (C=O) groups is 1. The number of aryl methyl sites for hydroxylation is 2. The molecule has 11 heteroatoms. The van der Waals surface area contributed by atoms with Gasteiger partial charge in [0.25, 0.3) is 10.0 Å². The highest BCUT2D eigenvalue weighted by Crippen LogP contribution is 2.25. The van der Waals surface area contributed by atoms with Crippen molar-refractivity contribution in [3.8, 4) is 0 Å². The summed E-state index contributed by atoms with van der Waals surface area (Å²) in [5, 5.41) is 5.90. The Morgan fingerprint density at radius 1 is 0.867 bits per heavy atom. The van der Waals surface area contributed by atoms with Crippen molar-refractivity contribution in [2.45, 2.75) is 18.7 Å². The number of hydrogen-bond acceptors (Lipinski definition) is 5. The monoisotopic (exact) mass is 465 g/mol. The first kappa shape index (κ1) is 21.8. The molecule has 0 saturated heterocycles. The molecule has 0 unspecified atom stereocenters. The van der Waals surface area contributed by atoms with Gasteiger partial charge in [-0.2, -0.15) is 0 Å². The zero-order chi connectivity index (χ0) is 21.9. The third kappa shape index (κ3) is 5.59. The van der Waals surface area contributed by atoms with Crippen molar-refractivity contribution in [1.29, 1.82) is 0 Å². The Balaban J connectivity index is 1.67. The second kappa shape index (κ2) is 8.86. The maximum Gasteiger partial charge on any atom is 0.323 e. The standard InChI is InChI=1S/C19H17Cl2N5O3S/c1-11-9-18(23-12(2)22-11)26-30(28,29)15-6-3-13(4-7-15)24-19(27)25-14-5-8-16(20)17(21)10-14/h3-10H,1-2H3,(H,22,23,26)(H2,24,25,27). The molecule has 0 radical (unpaired) electrons. The number of rotatable bonds is 5. The van der Waals surface area contributed by atoms with Gasteiger partial charge in [0.05, 0.1) is 14.9 Å². The number of carbonyl (C=O) groups excluding carboxylic acids is 1. The number of sulfonamides is 1. The molecule has 3 rings (SSSR count). The Hall–Kier alpha value is -2.88. The Morgan fingerprint density at radius 2 is 1.50 bits per heavy atom. The van der Waals surface area contributed by atoms with E-state index in [-0.39, 0.29) is 10.7 Å². The zero-order valence-electron chi connectivity index (χ0n) is 15.9. The van der Waals surface area contributed by atoms with Gasteiger partial charge in [0, 0.05) is 23.1 Å². The van der Waals surface area contributed by atoms with Gasteiger partial charge in [-0.15, -0.1) is 0 Å². The van der Waals surface area contributed by atoms with E-state index in [1.807, 2.05) is 0 Å². The first-order chi connectivity index (χ1) is 14.1. The molecular weight excluding hydrogens is 449 g/mol. The van der Waals surface area contributed by atoms with E-state index in [0.717, 1.165) is 0 Å². The molecule has 0 aliphatic heterocycles. The van der Waals surface area contributed by atoms with Crippen LogP contribution in [0.5, 0.6) is 0 Å². The van der Waals surface area contributed by atoms with Gasteiger partial charge in [-0.25, -0.2) is 23.2 Å². The number of hydrogen-bond donors (Lipinski definition) is 3. The zero-order valence-corrected chi connectivity index (χ0v) is 18.2. The molecule has 1 heterocycles. The fourth-order valence-electron chi connectivity index (χ4n) is 2.55. The molecule has 1 aromatic heterocycles. The number of amides is 2. The maximum atomic E-state index is 12.6. The third-order valence-electron chi connectivity index (χ3n) is 3.80. The second-order valence-corrected chi connectivity index (χ2v) is 8.78. The van der Waals surface area contributed by atoms with Gasteiger partial charge in [0.1, 0.15) is 11.6 Å². The maximum absolute atomic E-state index is 12.6. The van der Waals surface area contributed by atoms with Crippen molar-refractivity contribution < 1.29 is 13.2 Å². The van der Waals surface area contributed by atoms with Crippen molar-refractivity contribution in [2.75, 3.05) is 15.4 Å². The third-order valence-corrected chi connectivity index (χ3v) is 5.91. The van der Waals surface area contributed by atoms with E-state index in [4.69, 9.17) is 23.2 Å². The van der Waals surface area contributed by atoms with Crippen molar-refractivity contribution in [1.82, 2.24) is 9.97 Å². The Morgan fingerprint density at radius 3 is 2.13 bits per heavy atom. The predicted octanol–water partition coefficient (Wildman–Crippen LogP) is 4.85. The Kier molecular flexibility index (Phi) is 6.45. The van der Waals surface area contributed by atoms with Gasteiger partial charge in [0.2, 0.25) is 0 Å². The molecular formula is C19H17Cl2N5O3S. The van der Waals surface area contributed by atoms with E-state index in [0.29, 0.717) is 32.9 Å². The van der Waals surface area contributed by atoms with Crippen molar-refractivity contribution >= 4 is 56.4 Å². The summed E-state index contributed by atoms with van der Waals surface area (Å²) in [6.07, 6.45) is 0. The topological polar surface area (TPSA) is 113 Å². The molecule has 2 aromatic carbocycles. The number of benzene rings is 2. The highest BCUT2D eigenvalue weighted by molar-refractivity contribution is 7.92. The minimum Gasteiger partial charge on any atom is -0.308 e. The van der Waals surface area contributed by atoms with Gasteiger partial charge >= 0.3 is 6.03 Å². The van der Waals surface area contributed by atoms with Crippen LogP contribution in [0.4, 0.5) is 22.0 Å². The molecule has 0 fully saturated rings. The van der Waals surface area contributed by atoms with Crippen molar-refractivity contribution in [2.24, 2.45) is 0 Å². The molecule has 0 aliphatic rings. The lowest BCUT2D eigenvalue weighted by atomic mass is 10.3. The van der Waals surface area contributed by atoms with E-state index in [9.17, 15) is 13.2 Å². The lowest BCUT2D eigenvalue weighted by molar-refractivity contribution is 0.262. The van der Waals surface area contributed by atoms with Crippen molar-refractivity contribution in [3.63, 3.8) is 0 Å². The van der Waals surface area contributed by atoms with E-state index in [1.54, 1.807) is 26.0 Å². The summed E-state index contributed by atoms with van der Waals surface area (Å²) >= 11 is 11.8. The summed E-state index contributed by atoms with van der Waals surface area (Å²) < 4.78 is 27.5. The highest BCUT2D eigenvalue weighted by atomic mass is 35.5. The van der Waals surface area contributed by atoms with Crippen LogP contribution in [-0.2, 0) is 10.0 Å². The summed E-state index contributed by atoms with van der Waals surface area (Å²) in [4.78, 5) is 20.3. The van der Waals surface area contributed by atoms with Crippen LogP contribution in [-0.4, -0.2) is 24.4 Å². The summed E-state index contributed by atoms with van der Waals surface area (Å²) in [6, 6.07) is 11.4. The molecule has 30 heavy (non-hydrogen) atoms. The summed E-state index contributed by atoms with van der Waals surface area (Å²) in [5.74, 6) is 0.642. The predicted molar refractivity (Wildman–Crippen MR) is 118 cm³/mol. The molecule has 3 aromatic rings. The molecule has 0 bridgehead atoms. The number of urea groups is 1. The molecule has 0 spiro atoms. The average molecular weight is 466 g/mol. The number of halogens is 2. The number of nitrogens with one attached hydrogen (secondary N) is 3. The number of anilines is 3. The molecule has 0 saturated carbocycles. The fraction of sp³-hybridized carbons (Fsp3) is 0.105. The van der Waals surface area contributed by atoms with Gasteiger partial charge < -0.3 is 10.6 Å². The largest absolute Gasteiger partial charge is 0.323 e. The average Bonchev–Trinajstić information content (AvgIpc) is 2.64. The van der Waals surface area contributed by atoms with E-state index >= 15 is 0 Å². The second-order valence-electron chi connectivity index (χ2n) is 6.28. The summed E-state index contributed by atoms with van der Waals surface area (Å²) in [6.45, 7) is 3.42. The fourth-order valence-corrected chi connectivity index (χ4v) is 3.84. The quantitative estimate of drug-likeness (QED) is 0.498. The van der Waals surface area contributed by atoms with Crippen LogP contribution in [0.15, 0.2) is 53.4 Å². The van der Waals surface area contributed by atoms with Crippen LogP contribution in [0.2, 0.25) is 10.0 Å². The number of nitrogens with zero attached hydrogens (tertiary/aromatic N) is 2. The molecule has 156 valence electrons. The number of aromatic nitrogens is 2. The normalized spacial score (nSPS) is 11.1. The van der Waals surface area contributed by atoms with Gasteiger partial charge in [-0.05, 0) is 56.3 Å². The van der Waals surface area contributed by atoms with E-state index in [1.165, 1.54) is 36.4 Å². The van der Waals surface area contributed by atoms with Crippen LogP contribution in [0.3, 0.4) is 0 Å². The van der Waals surface area contributed by atoms with Crippen molar-refractivity contribution in [3.05, 3.63) is 70.1 Å². The van der Waals surface area contributed by atoms with Crippen LogP contribution >= 0.6 is 23.2 Å². The Labute approximate surface area is 183 Å². The lowest BCUT2D eigenvalue weighted by Crippen LogP contribution is -2.19. The molecule has 0 aliphatic carbocycles. The molecule has 8 nitrogen and oxygen atoms in total. The molecule has 0 atom stereocenters. The van der Waals surface area contributed by atoms with Gasteiger partial charge in [-0.3, -0.25) is 4.72 Å². The van der Waals surface area contributed by atoms with Crippen LogP contribution < -0.4 is 15.4 Å². The summed E-state index contributed by atoms with van der Waals surface area (Å²) in [7, 11) is -3.85.